The second-order valence-corrected chi connectivity index (χ2v) is 6.83. The van der Waals surface area contributed by atoms with Gasteiger partial charge in [-0.3, -0.25) is 9.36 Å². The fraction of sp³-hybridized carbons (Fsp3) is 0.250. The molecule has 0 saturated heterocycles. The molecule has 0 aliphatic rings. The number of fused-ring (bicyclic) bond motifs is 1. The first-order valence-electron chi connectivity index (χ1n) is 6.89. The van der Waals surface area contributed by atoms with E-state index in [9.17, 15) is 9.90 Å². The summed E-state index contributed by atoms with van der Waals surface area (Å²) in [6.45, 7) is 2.52. The van der Waals surface area contributed by atoms with Gasteiger partial charge in [0.25, 0.3) is 5.56 Å². The van der Waals surface area contributed by atoms with Crippen molar-refractivity contribution in [3.05, 3.63) is 45.7 Å². The molecule has 4 nitrogen and oxygen atoms in total. The lowest BCUT2D eigenvalue weighted by atomic mass is 10.0. The van der Waals surface area contributed by atoms with Gasteiger partial charge in [0.15, 0.2) is 5.65 Å². The van der Waals surface area contributed by atoms with Gasteiger partial charge in [-0.1, -0.05) is 24.3 Å². The molecule has 0 radical (unpaired) electrons. The van der Waals surface area contributed by atoms with E-state index >= 15 is 0 Å². The van der Waals surface area contributed by atoms with E-state index in [-0.39, 0.29) is 11.3 Å². The molecule has 1 N–H and O–H groups in total. The van der Waals surface area contributed by atoms with Crippen LogP contribution < -0.4 is 5.56 Å². The average Bonchev–Trinajstić information content (AvgIpc) is 2.99. The largest absolute Gasteiger partial charge is 0.505 e. The number of aromatic hydroxyl groups is 1. The van der Waals surface area contributed by atoms with Gasteiger partial charge < -0.3 is 5.11 Å². The van der Waals surface area contributed by atoms with Gasteiger partial charge in [0.05, 0.1) is 11.1 Å². The zero-order chi connectivity index (χ0) is 15.7. The Morgan fingerprint density at radius 1 is 1.36 bits per heavy atom. The zero-order valence-electron chi connectivity index (χ0n) is 12.4. The fourth-order valence-electron chi connectivity index (χ4n) is 2.53. The van der Waals surface area contributed by atoms with Crippen LogP contribution in [0.3, 0.4) is 0 Å². The van der Waals surface area contributed by atoms with Crippen LogP contribution in [0.25, 0.3) is 21.5 Å². The Hall–Kier alpha value is -1.79. The lowest BCUT2D eigenvalue weighted by molar-refractivity contribution is 0.482. The maximum atomic E-state index is 12.9. The minimum absolute atomic E-state index is 0.0391. The highest BCUT2D eigenvalue weighted by molar-refractivity contribution is 7.98. The lowest BCUT2D eigenvalue weighted by Gasteiger charge is -2.13. The summed E-state index contributed by atoms with van der Waals surface area (Å²) >= 11 is 3.04. The number of rotatable bonds is 4. The number of aromatic nitrogens is 2. The van der Waals surface area contributed by atoms with E-state index in [4.69, 9.17) is 0 Å². The summed E-state index contributed by atoms with van der Waals surface area (Å²) in [6.07, 6.45) is 2.01. The molecule has 0 atom stereocenters. The summed E-state index contributed by atoms with van der Waals surface area (Å²) in [5.74, 6) is 0.863. The third-order valence-corrected chi connectivity index (χ3v) is 5.06. The summed E-state index contributed by atoms with van der Waals surface area (Å²) in [5, 5.41) is 10.6. The number of thioether (sulfide) groups is 1. The second-order valence-electron chi connectivity index (χ2n) is 4.99. The van der Waals surface area contributed by atoms with Crippen LogP contribution in [0.1, 0.15) is 5.56 Å². The molecule has 22 heavy (non-hydrogen) atoms. The molecule has 0 spiro atoms. The second kappa shape index (κ2) is 6.14. The molecule has 0 bridgehead atoms. The Labute approximate surface area is 136 Å². The summed E-state index contributed by atoms with van der Waals surface area (Å²) in [4.78, 5) is 17.2. The van der Waals surface area contributed by atoms with Crippen molar-refractivity contribution in [3.8, 4) is 16.9 Å². The third-order valence-electron chi connectivity index (χ3n) is 3.65. The van der Waals surface area contributed by atoms with E-state index in [1.54, 1.807) is 21.8 Å². The first-order chi connectivity index (χ1) is 10.6. The van der Waals surface area contributed by atoms with Gasteiger partial charge in [-0.05, 0) is 24.3 Å². The minimum Gasteiger partial charge on any atom is -0.505 e. The maximum Gasteiger partial charge on any atom is 0.263 e. The molecule has 114 valence electrons. The maximum absolute atomic E-state index is 12.9. The number of thiazole rings is 1. The Balaban J connectivity index is 2.35. The molecule has 2 heterocycles. The van der Waals surface area contributed by atoms with Gasteiger partial charge in [-0.15, -0.1) is 11.3 Å². The first kappa shape index (κ1) is 15.1. The quantitative estimate of drug-likeness (QED) is 0.794. The van der Waals surface area contributed by atoms with E-state index in [2.05, 4.69) is 4.98 Å². The first-order valence-corrected chi connectivity index (χ1v) is 9.16. The number of pyridine rings is 1. The van der Waals surface area contributed by atoms with Crippen molar-refractivity contribution < 1.29 is 5.11 Å². The normalized spacial score (nSPS) is 11.2. The van der Waals surface area contributed by atoms with Crippen LogP contribution in [0.2, 0.25) is 0 Å². The van der Waals surface area contributed by atoms with E-state index in [0.29, 0.717) is 22.5 Å². The SMILES string of the molecule is CSCCn1c(=O)c(-c2ccccc2C)c(O)c2scnc21. The average molecular weight is 332 g/mol. The number of benzene rings is 1. The summed E-state index contributed by atoms with van der Waals surface area (Å²) in [7, 11) is 0. The highest BCUT2D eigenvalue weighted by Crippen LogP contribution is 2.36. The highest BCUT2D eigenvalue weighted by Gasteiger charge is 2.20. The Morgan fingerprint density at radius 2 is 2.14 bits per heavy atom. The standard InChI is InChI=1S/C16H16N2O2S2/c1-10-5-3-4-6-11(10)12-13(19)14-15(17-9-22-14)18(16(12)20)7-8-21-2/h3-6,9,19H,7-8H2,1-2H3. The highest BCUT2D eigenvalue weighted by atomic mass is 32.2. The molecule has 0 aliphatic heterocycles. The van der Waals surface area contributed by atoms with Crippen LogP contribution in [0.15, 0.2) is 34.6 Å². The topological polar surface area (TPSA) is 55.1 Å². The van der Waals surface area contributed by atoms with Gasteiger partial charge in [-0.25, -0.2) is 4.98 Å². The van der Waals surface area contributed by atoms with Crippen molar-refractivity contribution in [2.24, 2.45) is 0 Å². The monoisotopic (exact) mass is 332 g/mol. The van der Waals surface area contributed by atoms with Gasteiger partial charge in [0, 0.05) is 12.3 Å². The van der Waals surface area contributed by atoms with Crippen LogP contribution in [-0.4, -0.2) is 26.7 Å². The fourth-order valence-corrected chi connectivity index (χ4v) is 3.63. The minimum atomic E-state index is -0.181. The summed E-state index contributed by atoms with van der Waals surface area (Å²) in [5.41, 5.74) is 4.17. The predicted octanol–water partition coefficient (Wildman–Crippen LogP) is 3.50. The number of nitrogens with zero attached hydrogens (tertiary/aromatic N) is 2. The Bertz CT molecular complexity index is 883. The molecule has 3 rings (SSSR count). The molecular weight excluding hydrogens is 316 g/mol. The number of hydrogen-bond donors (Lipinski definition) is 1. The molecule has 3 aromatic rings. The van der Waals surface area contributed by atoms with Crippen LogP contribution in [0.4, 0.5) is 0 Å². The van der Waals surface area contributed by atoms with Crippen LogP contribution in [0, 0.1) is 6.92 Å². The van der Waals surface area contributed by atoms with E-state index in [1.165, 1.54) is 11.3 Å². The molecular formula is C16H16N2O2S2. The van der Waals surface area contributed by atoms with Gasteiger partial charge in [0.2, 0.25) is 0 Å². The molecule has 0 fully saturated rings. The molecule has 2 aromatic heterocycles. The van der Waals surface area contributed by atoms with Crippen LogP contribution in [0.5, 0.6) is 5.75 Å². The lowest BCUT2D eigenvalue weighted by Crippen LogP contribution is -2.23. The summed E-state index contributed by atoms with van der Waals surface area (Å²) < 4.78 is 2.34. The molecule has 0 amide bonds. The Morgan fingerprint density at radius 3 is 2.86 bits per heavy atom. The number of aryl methyl sites for hydroxylation is 2. The molecule has 0 saturated carbocycles. The molecule has 6 heteroatoms. The van der Waals surface area contributed by atoms with Crippen molar-refractivity contribution in [1.82, 2.24) is 9.55 Å². The van der Waals surface area contributed by atoms with E-state index < -0.39 is 0 Å². The van der Waals surface area contributed by atoms with E-state index in [0.717, 1.165) is 16.9 Å². The van der Waals surface area contributed by atoms with Crippen LogP contribution >= 0.6 is 23.1 Å². The van der Waals surface area contributed by atoms with Gasteiger partial charge >= 0.3 is 0 Å². The summed E-state index contributed by atoms with van der Waals surface area (Å²) in [6, 6.07) is 7.62. The smallest absolute Gasteiger partial charge is 0.263 e. The van der Waals surface area contributed by atoms with E-state index in [1.807, 2.05) is 37.4 Å². The predicted molar refractivity (Wildman–Crippen MR) is 94.1 cm³/mol. The Kier molecular flexibility index (Phi) is 4.22. The van der Waals surface area contributed by atoms with Crippen molar-refractivity contribution in [2.75, 3.05) is 12.0 Å². The molecule has 0 aliphatic carbocycles. The van der Waals surface area contributed by atoms with Gasteiger partial charge in [0.1, 0.15) is 10.4 Å². The number of hydrogen-bond acceptors (Lipinski definition) is 5. The van der Waals surface area contributed by atoms with Crippen molar-refractivity contribution in [3.63, 3.8) is 0 Å². The van der Waals surface area contributed by atoms with Crippen LogP contribution in [-0.2, 0) is 6.54 Å². The molecule has 0 unspecified atom stereocenters. The van der Waals surface area contributed by atoms with Crippen molar-refractivity contribution in [1.29, 1.82) is 0 Å². The zero-order valence-corrected chi connectivity index (χ0v) is 14.0. The molecule has 1 aromatic carbocycles. The van der Waals surface area contributed by atoms with Crippen molar-refractivity contribution in [2.45, 2.75) is 13.5 Å². The van der Waals surface area contributed by atoms with Gasteiger partial charge in [-0.2, -0.15) is 11.8 Å². The van der Waals surface area contributed by atoms with Crippen molar-refractivity contribution >= 4 is 33.4 Å². The third kappa shape index (κ3) is 2.42.